The predicted octanol–water partition coefficient (Wildman–Crippen LogP) is 6.04. The van der Waals surface area contributed by atoms with Gasteiger partial charge in [0.1, 0.15) is 11.8 Å². The molecule has 0 radical (unpaired) electrons. The number of amides is 2. The van der Waals surface area contributed by atoms with Gasteiger partial charge in [-0.25, -0.2) is 0 Å². The topological polar surface area (TPSA) is 58.6 Å². The number of ether oxygens (including phenoxy) is 1. The third-order valence-electron chi connectivity index (χ3n) is 5.71. The van der Waals surface area contributed by atoms with Gasteiger partial charge >= 0.3 is 0 Å². The van der Waals surface area contributed by atoms with E-state index in [4.69, 9.17) is 16.3 Å². The summed E-state index contributed by atoms with van der Waals surface area (Å²) in [5, 5.41) is 3.67. The first-order valence-electron chi connectivity index (χ1n) is 11.6. The Morgan fingerprint density at radius 2 is 1.63 bits per heavy atom. The Balaban J connectivity index is 1.89. The zero-order chi connectivity index (χ0) is 25.2. The van der Waals surface area contributed by atoms with Gasteiger partial charge in [-0.2, -0.15) is 0 Å². The van der Waals surface area contributed by atoms with Crippen molar-refractivity contribution in [1.82, 2.24) is 10.2 Å². The van der Waals surface area contributed by atoms with Crippen LogP contribution in [0.5, 0.6) is 5.75 Å². The van der Waals surface area contributed by atoms with E-state index in [-0.39, 0.29) is 31.0 Å². The highest BCUT2D eigenvalue weighted by Gasteiger charge is 2.31. The highest BCUT2D eigenvalue weighted by molar-refractivity contribution is 9.10. The van der Waals surface area contributed by atoms with Crippen molar-refractivity contribution in [2.45, 2.75) is 45.3 Å². The number of nitrogens with one attached hydrogen (secondary N) is 1. The lowest BCUT2D eigenvalue weighted by atomic mass is 10.0. The number of halogens is 2. The molecule has 0 aromatic heterocycles. The Labute approximate surface area is 220 Å². The molecule has 0 saturated carbocycles. The van der Waals surface area contributed by atoms with Crippen LogP contribution < -0.4 is 10.1 Å². The summed E-state index contributed by atoms with van der Waals surface area (Å²) in [7, 11) is 0. The summed E-state index contributed by atoms with van der Waals surface area (Å²) >= 11 is 9.46. The SMILES string of the molecule is CC[C@@H](C)NC(=O)[C@H](Cc1ccccc1)N(Cc1ccc(Cl)cc1)C(=O)COc1ccc(Br)cc1. The van der Waals surface area contributed by atoms with Gasteiger partial charge < -0.3 is 15.0 Å². The molecule has 0 fully saturated rings. The molecule has 184 valence electrons. The summed E-state index contributed by atoms with van der Waals surface area (Å²) in [6.07, 6.45) is 1.18. The van der Waals surface area contributed by atoms with Crippen LogP contribution in [0, 0.1) is 0 Å². The van der Waals surface area contributed by atoms with Crippen molar-refractivity contribution >= 4 is 39.3 Å². The number of nitrogens with zero attached hydrogens (tertiary/aromatic N) is 1. The molecule has 3 aromatic rings. The van der Waals surface area contributed by atoms with Crippen molar-refractivity contribution in [3.8, 4) is 5.75 Å². The minimum absolute atomic E-state index is 0.00715. The van der Waals surface area contributed by atoms with Crippen LogP contribution in [0.25, 0.3) is 0 Å². The molecule has 2 amide bonds. The highest BCUT2D eigenvalue weighted by atomic mass is 79.9. The molecule has 2 atom stereocenters. The normalized spacial score (nSPS) is 12.5. The van der Waals surface area contributed by atoms with E-state index in [1.165, 1.54) is 0 Å². The summed E-state index contributed by atoms with van der Waals surface area (Å²) in [6, 6.07) is 23.6. The van der Waals surface area contributed by atoms with E-state index in [0.29, 0.717) is 17.2 Å². The Hall–Kier alpha value is -2.83. The smallest absolute Gasteiger partial charge is 0.261 e. The van der Waals surface area contributed by atoms with Gasteiger partial charge in [0.15, 0.2) is 6.61 Å². The Morgan fingerprint density at radius 1 is 0.971 bits per heavy atom. The molecule has 7 heteroatoms. The van der Waals surface area contributed by atoms with E-state index in [2.05, 4.69) is 21.2 Å². The standard InChI is InChI=1S/C28H30BrClN2O3/c1-3-20(2)31-28(34)26(17-21-7-5-4-6-8-21)32(18-22-9-13-24(30)14-10-22)27(33)19-35-25-15-11-23(29)12-16-25/h4-16,20,26H,3,17-19H2,1-2H3,(H,31,34)/t20-,26+/m1/s1. The molecule has 0 bridgehead atoms. The van der Waals surface area contributed by atoms with Crippen LogP contribution in [0.15, 0.2) is 83.3 Å². The van der Waals surface area contributed by atoms with Gasteiger partial charge in [0.2, 0.25) is 5.91 Å². The summed E-state index contributed by atoms with van der Waals surface area (Å²) in [5.41, 5.74) is 1.85. The van der Waals surface area contributed by atoms with Gasteiger partial charge in [-0.15, -0.1) is 0 Å². The number of carbonyl (C=O) groups is 2. The molecule has 1 N–H and O–H groups in total. The second-order valence-corrected chi connectivity index (χ2v) is 9.77. The molecule has 35 heavy (non-hydrogen) atoms. The molecular formula is C28H30BrClN2O3. The molecule has 0 unspecified atom stereocenters. The summed E-state index contributed by atoms with van der Waals surface area (Å²) < 4.78 is 6.70. The van der Waals surface area contributed by atoms with Crippen molar-refractivity contribution in [2.24, 2.45) is 0 Å². The van der Waals surface area contributed by atoms with Crippen molar-refractivity contribution < 1.29 is 14.3 Å². The first-order chi connectivity index (χ1) is 16.9. The van der Waals surface area contributed by atoms with Crippen LogP contribution in [0.3, 0.4) is 0 Å². The van der Waals surface area contributed by atoms with Gasteiger partial charge in [-0.3, -0.25) is 9.59 Å². The van der Waals surface area contributed by atoms with Crippen molar-refractivity contribution in [3.63, 3.8) is 0 Å². The first-order valence-corrected chi connectivity index (χ1v) is 12.8. The van der Waals surface area contributed by atoms with Gasteiger partial charge in [0.25, 0.3) is 5.91 Å². The molecule has 0 saturated heterocycles. The molecule has 0 spiro atoms. The molecule has 0 aliphatic heterocycles. The lowest BCUT2D eigenvalue weighted by molar-refractivity contribution is -0.143. The molecule has 5 nitrogen and oxygen atoms in total. The summed E-state index contributed by atoms with van der Waals surface area (Å²) in [6.45, 7) is 4.04. The number of carbonyl (C=O) groups excluding carboxylic acids is 2. The lowest BCUT2D eigenvalue weighted by Crippen LogP contribution is -2.53. The fraction of sp³-hybridized carbons (Fsp3) is 0.286. The minimum atomic E-state index is -0.705. The molecule has 0 aliphatic rings. The van der Waals surface area contributed by atoms with Crippen LogP contribution in [-0.4, -0.2) is 35.4 Å². The van der Waals surface area contributed by atoms with Gasteiger partial charge in [-0.05, 0) is 60.9 Å². The zero-order valence-corrected chi connectivity index (χ0v) is 22.3. The fourth-order valence-corrected chi connectivity index (χ4v) is 3.93. The van der Waals surface area contributed by atoms with E-state index in [1.54, 1.807) is 29.2 Å². The minimum Gasteiger partial charge on any atom is -0.484 e. The van der Waals surface area contributed by atoms with Crippen LogP contribution in [0.4, 0.5) is 0 Å². The maximum absolute atomic E-state index is 13.5. The van der Waals surface area contributed by atoms with Crippen molar-refractivity contribution in [2.75, 3.05) is 6.61 Å². The Bertz CT molecular complexity index is 1090. The largest absolute Gasteiger partial charge is 0.484 e. The van der Waals surface area contributed by atoms with E-state index in [0.717, 1.165) is 22.0 Å². The first kappa shape index (κ1) is 26.8. The zero-order valence-electron chi connectivity index (χ0n) is 19.9. The maximum Gasteiger partial charge on any atom is 0.261 e. The van der Waals surface area contributed by atoms with E-state index < -0.39 is 6.04 Å². The second kappa shape index (κ2) is 13.3. The second-order valence-electron chi connectivity index (χ2n) is 8.41. The van der Waals surface area contributed by atoms with Gasteiger partial charge in [0, 0.05) is 28.5 Å². The summed E-state index contributed by atoms with van der Waals surface area (Å²) in [4.78, 5) is 28.6. The Morgan fingerprint density at radius 3 is 2.26 bits per heavy atom. The van der Waals surface area contributed by atoms with Gasteiger partial charge in [0.05, 0.1) is 0 Å². The number of hydrogen-bond donors (Lipinski definition) is 1. The monoisotopic (exact) mass is 556 g/mol. The highest BCUT2D eigenvalue weighted by Crippen LogP contribution is 2.19. The molecule has 3 aromatic carbocycles. The van der Waals surface area contributed by atoms with Gasteiger partial charge in [-0.1, -0.05) is 76.9 Å². The van der Waals surface area contributed by atoms with Crippen LogP contribution >= 0.6 is 27.5 Å². The summed E-state index contributed by atoms with van der Waals surface area (Å²) in [5.74, 6) is 0.119. The lowest BCUT2D eigenvalue weighted by Gasteiger charge is -2.32. The van der Waals surface area contributed by atoms with E-state index in [9.17, 15) is 9.59 Å². The fourth-order valence-electron chi connectivity index (χ4n) is 3.54. The number of rotatable bonds is 11. The molecule has 3 rings (SSSR count). The predicted molar refractivity (Wildman–Crippen MR) is 143 cm³/mol. The number of benzene rings is 3. The van der Waals surface area contributed by atoms with Crippen LogP contribution in [-0.2, 0) is 22.6 Å². The maximum atomic E-state index is 13.5. The van der Waals surface area contributed by atoms with E-state index in [1.807, 2.05) is 68.4 Å². The third-order valence-corrected chi connectivity index (χ3v) is 6.49. The van der Waals surface area contributed by atoms with E-state index >= 15 is 0 Å². The molecule has 0 heterocycles. The number of hydrogen-bond acceptors (Lipinski definition) is 3. The average Bonchev–Trinajstić information content (AvgIpc) is 2.87. The van der Waals surface area contributed by atoms with Crippen molar-refractivity contribution in [1.29, 1.82) is 0 Å². The Kier molecular flexibility index (Phi) is 10.2. The molecule has 0 aliphatic carbocycles. The third kappa shape index (κ3) is 8.41. The van der Waals surface area contributed by atoms with Crippen molar-refractivity contribution in [3.05, 3.63) is 99.5 Å². The molecular weight excluding hydrogens is 528 g/mol. The average molecular weight is 558 g/mol. The quantitative estimate of drug-likeness (QED) is 0.313. The van der Waals surface area contributed by atoms with Crippen LogP contribution in [0.2, 0.25) is 5.02 Å². The van der Waals surface area contributed by atoms with Crippen LogP contribution in [0.1, 0.15) is 31.4 Å².